The van der Waals surface area contributed by atoms with E-state index in [1.807, 2.05) is 30.3 Å². The smallest absolute Gasteiger partial charge is 0.416 e. The summed E-state index contributed by atoms with van der Waals surface area (Å²) >= 11 is 0. The van der Waals surface area contributed by atoms with Gasteiger partial charge in [-0.2, -0.15) is 13.2 Å². The van der Waals surface area contributed by atoms with Crippen LogP contribution in [0.15, 0.2) is 59.4 Å². The lowest BCUT2D eigenvalue weighted by molar-refractivity contribution is -0.137. The van der Waals surface area contributed by atoms with Crippen LogP contribution in [0.2, 0.25) is 0 Å². The predicted molar refractivity (Wildman–Crippen MR) is 116 cm³/mol. The van der Waals surface area contributed by atoms with Gasteiger partial charge in [-0.15, -0.1) is 0 Å². The maximum atomic E-state index is 13.3. The van der Waals surface area contributed by atoms with Gasteiger partial charge in [-0.3, -0.25) is 9.36 Å². The number of halogens is 3. The first-order valence-electron chi connectivity index (χ1n) is 10.5. The fourth-order valence-corrected chi connectivity index (χ4v) is 3.74. The number of aromatic nitrogens is 2. The van der Waals surface area contributed by atoms with Crippen molar-refractivity contribution in [2.45, 2.75) is 32.3 Å². The number of carbonyl (C=O) groups is 1. The first kappa shape index (κ1) is 23.3. The molecule has 0 bridgehead atoms. The molecule has 2 aromatic carbocycles. The van der Waals surface area contributed by atoms with E-state index in [1.54, 1.807) is 0 Å². The van der Waals surface area contributed by atoms with Crippen LogP contribution in [0.25, 0.3) is 0 Å². The van der Waals surface area contributed by atoms with E-state index in [-0.39, 0.29) is 25.7 Å². The van der Waals surface area contributed by atoms with Gasteiger partial charge in [0.15, 0.2) is 0 Å². The predicted octanol–water partition coefficient (Wildman–Crippen LogP) is 4.01. The van der Waals surface area contributed by atoms with Gasteiger partial charge in [0.1, 0.15) is 6.61 Å². The highest BCUT2D eigenvalue weighted by molar-refractivity contribution is 5.68. The minimum absolute atomic E-state index is 0.0196. The summed E-state index contributed by atoms with van der Waals surface area (Å²) in [5, 5.41) is 0. The van der Waals surface area contributed by atoms with Crippen molar-refractivity contribution < 1.29 is 27.4 Å². The Balaban J connectivity index is 1.53. The molecule has 0 radical (unpaired) electrons. The summed E-state index contributed by atoms with van der Waals surface area (Å²) < 4.78 is 50.4. The third-order valence-electron chi connectivity index (χ3n) is 5.55. The Kier molecular flexibility index (Phi) is 6.58. The van der Waals surface area contributed by atoms with E-state index in [4.69, 9.17) is 9.47 Å². The fraction of sp³-hybridized carbons (Fsp3) is 0.292. The van der Waals surface area contributed by atoms with E-state index < -0.39 is 23.4 Å². The number of ether oxygens (including phenoxy) is 2. The van der Waals surface area contributed by atoms with Crippen LogP contribution in [0.5, 0.6) is 6.01 Å². The Labute approximate surface area is 193 Å². The van der Waals surface area contributed by atoms with E-state index in [2.05, 4.69) is 4.98 Å². The lowest BCUT2D eigenvalue weighted by Crippen LogP contribution is -2.41. The third kappa shape index (κ3) is 5.05. The minimum Gasteiger partial charge on any atom is -0.468 e. The van der Waals surface area contributed by atoms with Gasteiger partial charge in [0, 0.05) is 13.0 Å². The summed E-state index contributed by atoms with van der Waals surface area (Å²) in [4.78, 5) is 31.7. The summed E-state index contributed by atoms with van der Waals surface area (Å²) in [5.41, 5.74) is 0.989. The van der Waals surface area contributed by atoms with Crippen molar-refractivity contribution >= 4 is 6.09 Å². The van der Waals surface area contributed by atoms with Crippen molar-refractivity contribution in [2.24, 2.45) is 0 Å². The Morgan fingerprint density at radius 3 is 2.41 bits per heavy atom. The van der Waals surface area contributed by atoms with Crippen molar-refractivity contribution in [2.75, 3.05) is 13.7 Å². The van der Waals surface area contributed by atoms with Crippen LogP contribution in [0.1, 0.15) is 27.9 Å². The lowest BCUT2D eigenvalue weighted by atomic mass is 10.1. The van der Waals surface area contributed by atoms with Gasteiger partial charge < -0.3 is 14.4 Å². The van der Waals surface area contributed by atoms with E-state index in [9.17, 15) is 22.8 Å². The zero-order chi connectivity index (χ0) is 24.3. The molecular weight excluding hydrogens is 451 g/mol. The largest absolute Gasteiger partial charge is 0.468 e. The van der Waals surface area contributed by atoms with Gasteiger partial charge >= 0.3 is 12.3 Å². The van der Waals surface area contributed by atoms with Gasteiger partial charge in [-0.05, 0) is 23.3 Å². The maximum absolute atomic E-state index is 13.3. The van der Waals surface area contributed by atoms with Crippen LogP contribution in [0.3, 0.4) is 0 Å². The van der Waals surface area contributed by atoms with Gasteiger partial charge in [0.2, 0.25) is 0 Å². The van der Waals surface area contributed by atoms with Crippen LogP contribution in [-0.2, 0) is 37.0 Å². The number of rotatable bonds is 5. The second-order valence-electron chi connectivity index (χ2n) is 7.82. The Morgan fingerprint density at radius 2 is 1.76 bits per heavy atom. The molecule has 1 aromatic heterocycles. The molecular formula is C24H22F3N3O4. The minimum atomic E-state index is -4.45. The summed E-state index contributed by atoms with van der Waals surface area (Å²) in [7, 11) is 1.37. The molecule has 4 rings (SSSR count). The van der Waals surface area contributed by atoms with E-state index in [1.165, 1.54) is 28.7 Å². The van der Waals surface area contributed by atoms with Crippen molar-refractivity contribution in [1.82, 2.24) is 14.5 Å². The van der Waals surface area contributed by atoms with Crippen LogP contribution in [0, 0.1) is 0 Å². The number of fused-ring (bicyclic) bond motifs is 1. The number of carbonyl (C=O) groups excluding carboxylic acids is 1. The topological polar surface area (TPSA) is 73.7 Å². The Hall–Kier alpha value is -3.82. The fourth-order valence-electron chi connectivity index (χ4n) is 3.74. The van der Waals surface area contributed by atoms with Crippen molar-refractivity contribution in [3.63, 3.8) is 0 Å². The SMILES string of the molecule is COc1nc2c(c(=O)n1Cc1ccc(C(F)(F)F)cc1)CN(C(=O)OCc1ccccc1)CC2. The zero-order valence-corrected chi connectivity index (χ0v) is 18.3. The monoisotopic (exact) mass is 473 g/mol. The normalized spacial score (nSPS) is 13.4. The number of amides is 1. The highest BCUT2D eigenvalue weighted by Gasteiger charge is 2.30. The number of nitrogens with zero attached hydrogens (tertiary/aromatic N) is 3. The summed E-state index contributed by atoms with van der Waals surface area (Å²) in [6.07, 6.45) is -4.64. The number of hydrogen-bond donors (Lipinski definition) is 0. The summed E-state index contributed by atoms with van der Waals surface area (Å²) in [5.74, 6) is 0. The molecule has 0 unspecified atom stereocenters. The second-order valence-corrected chi connectivity index (χ2v) is 7.82. The molecule has 2 heterocycles. The molecule has 0 atom stereocenters. The Morgan fingerprint density at radius 1 is 1.06 bits per heavy atom. The lowest BCUT2D eigenvalue weighted by Gasteiger charge is -2.28. The van der Waals surface area contributed by atoms with Gasteiger partial charge in [0.05, 0.1) is 37.0 Å². The molecule has 34 heavy (non-hydrogen) atoms. The molecule has 0 saturated heterocycles. The molecule has 10 heteroatoms. The average Bonchev–Trinajstić information content (AvgIpc) is 2.84. The number of benzene rings is 2. The van der Waals surface area contributed by atoms with Crippen molar-refractivity contribution in [3.8, 4) is 6.01 Å². The van der Waals surface area contributed by atoms with Gasteiger partial charge in [-0.1, -0.05) is 42.5 Å². The second kappa shape index (κ2) is 9.58. The highest BCUT2D eigenvalue weighted by Crippen LogP contribution is 2.29. The first-order chi connectivity index (χ1) is 16.3. The van der Waals surface area contributed by atoms with E-state index in [0.29, 0.717) is 29.8 Å². The molecule has 7 nitrogen and oxygen atoms in total. The number of hydrogen-bond acceptors (Lipinski definition) is 5. The molecule has 0 aliphatic carbocycles. The molecule has 0 saturated carbocycles. The molecule has 1 aliphatic rings. The molecule has 178 valence electrons. The molecule has 1 aliphatic heterocycles. The zero-order valence-electron chi connectivity index (χ0n) is 18.3. The standard InChI is InChI=1S/C24H22F3N3O4/c1-33-22-28-20-11-12-29(23(32)34-15-17-5-3-2-4-6-17)14-19(20)21(31)30(22)13-16-7-9-18(10-8-16)24(25,26)27/h2-10H,11-15H2,1H3. The van der Waals surface area contributed by atoms with Gasteiger partial charge in [0.25, 0.3) is 11.6 Å². The molecule has 0 N–H and O–H groups in total. The van der Waals surface area contributed by atoms with E-state index in [0.717, 1.165) is 17.7 Å². The number of methoxy groups -OCH3 is 1. The summed E-state index contributed by atoms with van der Waals surface area (Å²) in [6, 6.07) is 13.8. The third-order valence-corrected chi connectivity index (χ3v) is 5.55. The van der Waals surface area contributed by atoms with Crippen LogP contribution < -0.4 is 10.3 Å². The average molecular weight is 473 g/mol. The first-order valence-corrected chi connectivity index (χ1v) is 10.5. The van der Waals surface area contributed by atoms with Gasteiger partial charge in [-0.25, -0.2) is 9.78 Å². The number of alkyl halides is 3. The highest BCUT2D eigenvalue weighted by atomic mass is 19.4. The molecule has 3 aromatic rings. The van der Waals surface area contributed by atoms with Crippen LogP contribution in [0.4, 0.5) is 18.0 Å². The van der Waals surface area contributed by atoms with E-state index >= 15 is 0 Å². The van der Waals surface area contributed by atoms with Crippen molar-refractivity contribution in [1.29, 1.82) is 0 Å². The van der Waals surface area contributed by atoms with Crippen LogP contribution in [-0.4, -0.2) is 34.2 Å². The summed E-state index contributed by atoms with van der Waals surface area (Å²) in [6.45, 7) is 0.436. The Bertz CT molecular complexity index is 1230. The molecule has 0 spiro atoms. The van der Waals surface area contributed by atoms with Crippen LogP contribution >= 0.6 is 0 Å². The molecule has 0 fully saturated rings. The maximum Gasteiger partial charge on any atom is 0.416 e. The molecule has 1 amide bonds. The van der Waals surface area contributed by atoms with Crippen molar-refractivity contribution in [3.05, 3.63) is 92.9 Å². The quantitative estimate of drug-likeness (QED) is 0.560.